The SMILES string of the molecule is CCc1noc(CS(=O)c2ccccc2F)n1. The molecule has 1 atom stereocenters. The molecule has 0 N–H and O–H groups in total. The summed E-state index contributed by atoms with van der Waals surface area (Å²) in [5, 5.41) is 3.69. The van der Waals surface area contributed by atoms with Gasteiger partial charge in [0, 0.05) is 6.42 Å². The molecule has 2 aromatic rings. The van der Waals surface area contributed by atoms with Crippen LogP contribution in [0.15, 0.2) is 33.7 Å². The predicted octanol–water partition coefficient (Wildman–Crippen LogP) is 2.08. The fourth-order valence-electron chi connectivity index (χ4n) is 1.31. The van der Waals surface area contributed by atoms with Crippen molar-refractivity contribution >= 4 is 10.8 Å². The lowest BCUT2D eigenvalue weighted by molar-refractivity contribution is 0.384. The van der Waals surface area contributed by atoms with E-state index in [-0.39, 0.29) is 16.5 Å². The van der Waals surface area contributed by atoms with Crippen LogP contribution < -0.4 is 0 Å². The molecule has 1 aromatic heterocycles. The van der Waals surface area contributed by atoms with Crippen LogP contribution in [0.1, 0.15) is 18.6 Å². The second-order valence-electron chi connectivity index (χ2n) is 3.38. The Hall–Kier alpha value is -1.56. The van der Waals surface area contributed by atoms with E-state index in [1.807, 2.05) is 6.92 Å². The summed E-state index contributed by atoms with van der Waals surface area (Å²) < 4.78 is 30.1. The predicted molar refractivity (Wildman–Crippen MR) is 60.2 cm³/mol. The molecule has 0 aliphatic rings. The summed E-state index contributed by atoms with van der Waals surface area (Å²) in [5.74, 6) is 0.378. The van der Waals surface area contributed by atoms with E-state index in [2.05, 4.69) is 10.1 Å². The molecule has 2 rings (SSSR count). The van der Waals surface area contributed by atoms with Gasteiger partial charge in [-0.15, -0.1) is 0 Å². The van der Waals surface area contributed by atoms with E-state index in [1.165, 1.54) is 12.1 Å². The minimum Gasteiger partial charge on any atom is -0.338 e. The molecule has 1 unspecified atom stereocenters. The fraction of sp³-hybridized carbons (Fsp3) is 0.273. The molecule has 17 heavy (non-hydrogen) atoms. The average molecular weight is 254 g/mol. The van der Waals surface area contributed by atoms with Crippen molar-refractivity contribution in [3.8, 4) is 0 Å². The van der Waals surface area contributed by atoms with Crippen molar-refractivity contribution in [3.05, 3.63) is 41.8 Å². The first-order valence-corrected chi connectivity index (χ1v) is 6.47. The highest BCUT2D eigenvalue weighted by Crippen LogP contribution is 2.14. The standard InChI is InChI=1S/C11H11FN2O2S/c1-2-10-13-11(16-14-10)7-17(15)9-6-4-3-5-8(9)12/h3-6H,2,7H2,1H3. The monoisotopic (exact) mass is 254 g/mol. The summed E-state index contributed by atoms with van der Waals surface area (Å²) in [5.41, 5.74) is 0. The highest BCUT2D eigenvalue weighted by atomic mass is 32.2. The number of hydrogen-bond acceptors (Lipinski definition) is 4. The quantitative estimate of drug-likeness (QED) is 0.838. The summed E-state index contributed by atoms with van der Waals surface area (Å²) in [6.45, 7) is 1.89. The zero-order chi connectivity index (χ0) is 12.3. The number of hydrogen-bond donors (Lipinski definition) is 0. The van der Waals surface area contributed by atoms with E-state index < -0.39 is 16.6 Å². The molecule has 0 aliphatic heterocycles. The Morgan fingerprint density at radius 1 is 1.41 bits per heavy atom. The van der Waals surface area contributed by atoms with E-state index in [1.54, 1.807) is 12.1 Å². The van der Waals surface area contributed by atoms with Crippen molar-refractivity contribution in [2.75, 3.05) is 0 Å². The molecule has 0 saturated carbocycles. The van der Waals surface area contributed by atoms with Gasteiger partial charge in [0.05, 0.1) is 15.7 Å². The molecule has 0 fully saturated rings. The lowest BCUT2D eigenvalue weighted by Crippen LogP contribution is -1.99. The van der Waals surface area contributed by atoms with E-state index in [4.69, 9.17) is 4.52 Å². The van der Waals surface area contributed by atoms with Crippen molar-refractivity contribution in [1.82, 2.24) is 10.1 Å². The highest BCUT2D eigenvalue weighted by molar-refractivity contribution is 7.84. The molecular formula is C11H11FN2O2S. The Labute approximate surface area is 100 Å². The van der Waals surface area contributed by atoms with Crippen molar-refractivity contribution in [3.63, 3.8) is 0 Å². The third-order valence-corrected chi connectivity index (χ3v) is 3.49. The molecule has 0 amide bonds. The largest absolute Gasteiger partial charge is 0.338 e. The van der Waals surface area contributed by atoms with Gasteiger partial charge in [-0.3, -0.25) is 4.21 Å². The molecule has 0 spiro atoms. The van der Waals surface area contributed by atoms with Gasteiger partial charge in [0.15, 0.2) is 5.82 Å². The second-order valence-corrected chi connectivity index (χ2v) is 4.80. The number of nitrogens with zero attached hydrogens (tertiary/aromatic N) is 2. The van der Waals surface area contributed by atoms with E-state index in [9.17, 15) is 8.60 Å². The van der Waals surface area contributed by atoms with Crippen molar-refractivity contribution in [2.24, 2.45) is 0 Å². The Morgan fingerprint density at radius 2 is 2.18 bits per heavy atom. The van der Waals surface area contributed by atoms with Gasteiger partial charge >= 0.3 is 0 Å². The van der Waals surface area contributed by atoms with Crippen molar-refractivity contribution in [1.29, 1.82) is 0 Å². The average Bonchev–Trinajstić information content (AvgIpc) is 2.77. The van der Waals surface area contributed by atoms with Crippen LogP contribution in [0.5, 0.6) is 0 Å². The van der Waals surface area contributed by atoms with Crippen LogP contribution in [0.4, 0.5) is 4.39 Å². The first-order chi connectivity index (χ1) is 8.20. The van der Waals surface area contributed by atoms with Gasteiger partial charge in [0.1, 0.15) is 11.6 Å². The Balaban J connectivity index is 2.14. The minimum atomic E-state index is -1.51. The molecule has 90 valence electrons. The number of benzene rings is 1. The fourth-order valence-corrected chi connectivity index (χ4v) is 2.32. The number of aryl methyl sites for hydroxylation is 1. The first kappa shape index (κ1) is 11.9. The molecule has 0 aliphatic carbocycles. The zero-order valence-corrected chi connectivity index (χ0v) is 10.0. The Bertz CT molecular complexity index is 542. The van der Waals surface area contributed by atoms with Crippen molar-refractivity contribution < 1.29 is 13.1 Å². The summed E-state index contributed by atoms with van der Waals surface area (Å²) in [6.07, 6.45) is 0.649. The topological polar surface area (TPSA) is 56.0 Å². The van der Waals surface area contributed by atoms with Gasteiger partial charge in [-0.1, -0.05) is 24.2 Å². The van der Waals surface area contributed by atoms with Crippen LogP contribution in [0.2, 0.25) is 0 Å². The number of aromatic nitrogens is 2. The smallest absolute Gasteiger partial charge is 0.239 e. The summed E-state index contributed by atoms with van der Waals surface area (Å²) in [4.78, 5) is 4.19. The van der Waals surface area contributed by atoms with Gasteiger partial charge in [-0.05, 0) is 12.1 Å². The van der Waals surface area contributed by atoms with Gasteiger partial charge in [0.25, 0.3) is 0 Å². The normalized spacial score (nSPS) is 12.6. The molecule has 1 heterocycles. The van der Waals surface area contributed by atoms with Crippen LogP contribution in [0.25, 0.3) is 0 Å². The number of halogens is 1. The number of rotatable bonds is 4. The van der Waals surface area contributed by atoms with Gasteiger partial charge in [0.2, 0.25) is 5.89 Å². The third kappa shape index (κ3) is 2.76. The summed E-state index contributed by atoms with van der Waals surface area (Å²) >= 11 is 0. The van der Waals surface area contributed by atoms with Gasteiger partial charge in [-0.25, -0.2) is 4.39 Å². The van der Waals surface area contributed by atoms with Crippen LogP contribution >= 0.6 is 0 Å². The Morgan fingerprint density at radius 3 is 2.82 bits per heavy atom. The summed E-state index contributed by atoms with van der Waals surface area (Å²) in [6, 6.07) is 5.96. The third-order valence-electron chi connectivity index (χ3n) is 2.16. The van der Waals surface area contributed by atoms with Crippen LogP contribution in [0, 0.1) is 5.82 Å². The van der Waals surface area contributed by atoms with Crippen molar-refractivity contribution in [2.45, 2.75) is 24.0 Å². The summed E-state index contributed by atoms with van der Waals surface area (Å²) in [7, 11) is -1.51. The maximum atomic E-state index is 13.4. The molecule has 0 saturated heterocycles. The molecule has 4 nitrogen and oxygen atoms in total. The second kappa shape index (κ2) is 5.18. The van der Waals surface area contributed by atoms with E-state index in [0.717, 1.165) is 0 Å². The maximum absolute atomic E-state index is 13.4. The van der Waals surface area contributed by atoms with Gasteiger partial charge < -0.3 is 4.52 Å². The molecular weight excluding hydrogens is 243 g/mol. The first-order valence-electron chi connectivity index (χ1n) is 5.15. The van der Waals surface area contributed by atoms with E-state index >= 15 is 0 Å². The molecule has 1 aromatic carbocycles. The molecule has 0 bridgehead atoms. The molecule has 6 heteroatoms. The zero-order valence-electron chi connectivity index (χ0n) is 9.22. The lowest BCUT2D eigenvalue weighted by Gasteiger charge is -1.99. The van der Waals surface area contributed by atoms with Crippen LogP contribution in [-0.2, 0) is 23.0 Å². The lowest BCUT2D eigenvalue weighted by atomic mass is 10.3. The van der Waals surface area contributed by atoms with Gasteiger partial charge in [-0.2, -0.15) is 4.98 Å². The van der Waals surface area contributed by atoms with E-state index in [0.29, 0.717) is 12.2 Å². The highest BCUT2D eigenvalue weighted by Gasteiger charge is 2.14. The Kier molecular flexibility index (Phi) is 3.63. The van der Waals surface area contributed by atoms with Crippen LogP contribution in [-0.4, -0.2) is 14.3 Å². The molecule has 0 radical (unpaired) electrons. The maximum Gasteiger partial charge on any atom is 0.239 e. The van der Waals surface area contributed by atoms with Crippen LogP contribution in [0.3, 0.4) is 0 Å². The minimum absolute atomic E-state index is 0.0356.